The minimum atomic E-state index is -0.0192. The maximum atomic E-state index is 12.4. The van der Waals surface area contributed by atoms with Gasteiger partial charge in [0.1, 0.15) is 10.8 Å². The zero-order valence-corrected chi connectivity index (χ0v) is 12.4. The monoisotopic (exact) mass is 304 g/mol. The van der Waals surface area contributed by atoms with Gasteiger partial charge in [-0.2, -0.15) is 0 Å². The molecule has 21 heavy (non-hydrogen) atoms. The first-order chi connectivity index (χ1) is 10.2. The van der Waals surface area contributed by atoms with Crippen LogP contribution in [-0.2, 0) is 0 Å². The van der Waals surface area contributed by atoms with Crippen LogP contribution in [0.1, 0.15) is 23.2 Å². The van der Waals surface area contributed by atoms with E-state index in [4.69, 9.17) is 11.6 Å². The van der Waals surface area contributed by atoms with E-state index in [-0.39, 0.29) is 11.9 Å². The van der Waals surface area contributed by atoms with Crippen LogP contribution in [-0.4, -0.2) is 45.9 Å². The third kappa shape index (κ3) is 2.51. The predicted molar refractivity (Wildman–Crippen MR) is 80.6 cm³/mol. The lowest BCUT2D eigenvalue weighted by atomic mass is 9.96. The van der Waals surface area contributed by atoms with Crippen LogP contribution in [0.25, 0.3) is 5.65 Å². The summed E-state index contributed by atoms with van der Waals surface area (Å²) in [6.07, 6.45) is 5.86. The van der Waals surface area contributed by atoms with E-state index >= 15 is 0 Å². The topological polar surface area (TPSA) is 49.6 Å². The van der Waals surface area contributed by atoms with Crippen molar-refractivity contribution in [1.29, 1.82) is 0 Å². The summed E-state index contributed by atoms with van der Waals surface area (Å²) in [6, 6.07) is 3.88. The molecule has 2 aromatic rings. The summed E-state index contributed by atoms with van der Waals surface area (Å²) >= 11 is 5.87. The molecule has 2 aromatic heterocycles. The van der Waals surface area contributed by atoms with Crippen molar-refractivity contribution in [2.24, 2.45) is 5.92 Å². The van der Waals surface area contributed by atoms with Crippen molar-refractivity contribution in [2.45, 2.75) is 18.9 Å². The van der Waals surface area contributed by atoms with E-state index in [2.05, 4.69) is 15.2 Å². The van der Waals surface area contributed by atoms with Gasteiger partial charge in [0, 0.05) is 31.5 Å². The second kappa shape index (κ2) is 5.00. The lowest BCUT2D eigenvalue weighted by Crippen LogP contribution is -2.47. The Morgan fingerprint density at radius 1 is 1.33 bits per heavy atom. The van der Waals surface area contributed by atoms with Gasteiger partial charge in [0.05, 0.1) is 5.56 Å². The lowest BCUT2D eigenvalue weighted by molar-refractivity contribution is 0.0909. The fourth-order valence-corrected chi connectivity index (χ4v) is 3.72. The molecule has 2 aliphatic heterocycles. The molecule has 2 aliphatic rings. The summed E-state index contributed by atoms with van der Waals surface area (Å²) < 4.78 is 1.78. The summed E-state index contributed by atoms with van der Waals surface area (Å²) in [5.74, 6) is 0.730. The van der Waals surface area contributed by atoms with Crippen LogP contribution < -0.4 is 5.32 Å². The molecule has 5 nitrogen and oxygen atoms in total. The van der Waals surface area contributed by atoms with Crippen LogP contribution in [0.3, 0.4) is 0 Å². The Bertz CT molecular complexity index is 686. The highest BCUT2D eigenvalue weighted by molar-refractivity contribution is 6.29. The lowest BCUT2D eigenvalue weighted by Gasteiger charge is -2.30. The number of hydrogen-bond acceptors (Lipinski definition) is 3. The molecule has 6 heteroatoms. The number of nitrogens with zero attached hydrogens (tertiary/aromatic N) is 3. The third-order valence-corrected chi connectivity index (χ3v) is 4.67. The summed E-state index contributed by atoms with van der Waals surface area (Å²) in [6.45, 7) is 3.35. The van der Waals surface area contributed by atoms with Crippen LogP contribution in [0.5, 0.6) is 0 Å². The molecule has 1 N–H and O–H groups in total. The fourth-order valence-electron chi connectivity index (χ4n) is 3.53. The van der Waals surface area contributed by atoms with Crippen molar-refractivity contribution < 1.29 is 4.79 Å². The fraction of sp³-hybridized carbons (Fsp3) is 0.467. The first-order valence-corrected chi connectivity index (χ1v) is 7.72. The summed E-state index contributed by atoms with van der Waals surface area (Å²) in [7, 11) is 0. The number of halogens is 1. The molecular formula is C15H17ClN4O. The summed E-state index contributed by atoms with van der Waals surface area (Å²) in [5, 5.41) is 3.59. The highest BCUT2D eigenvalue weighted by Gasteiger charge is 2.32. The van der Waals surface area contributed by atoms with Crippen LogP contribution >= 0.6 is 11.6 Å². The highest BCUT2D eigenvalue weighted by atomic mass is 35.5. The number of pyridine rings is 1. The van der Waals surface area contributed by atoms with Gasteiger partial charge in [-0.05, 0) is 37.4 Å². The Labute approximate surface area is 127 Å². The number of piperidine rings is 1. The quantitative estimate of drug-likeness (QED) is 0.920. The second-order valence-corrected chi connectivity index (χ2v) is 6.45. The number of nitrogens with one attached hydrogen (secondary N) is 1. The standard InChI is InChI=1S/C15H17ClN4O/c16-13-9-20-7-11(1-2-14(20)18-13)15(21)17-12-5-10-3-4-19(6-10)8-12/h1-2,7,9-10,12H,3-6,8H2,(H,17,21)/t10-,12+/m0/s1. The van der Waals surface area contributed by atoms with Gasteiger partial charge in [-0.15, -0.1) is 0 Å². The Balaban J connectivity index is 1.50. The van der Waals surface area contributed by atoms with E-state index in [1.54, 1.807) is 22.9 Å². The summed E-state index contributed by atoms with van der Waals surface area (Å²) in [4.78, 5) is 19.0. The van der Waals surface area contributed by atoms with Crippen molar-refractivity contribution in [2.75, 3.05) is 19.6 Å². The Morgan fingerprint density at radius 3 is 3.10 bits per heavy atom. The Morgan fingerprint density at radius 2 is 2.24 bits per heavy atom. The maximum absolute atomic E-state index is 12.4. The van der Waals surface area contributed by atoms with Crippen molar-refractivity contribution in [3.63, 3.8) is 0 Å². The molecule has 2 saturated heterocycles. The van der Waals surface area contributed by atoms with Crippen LogP contribution in [0.2, 0.25) is 5.15 Å². The second-order valence-electron chi connectivity index (χ2n) is 6.07. The highest BCUT2D eigenvalue weighted by Crippen LogP contribution is 2.26. The molecule has 0 aliphatic carbocycles. The van der Waals surface area contributed by atoms with Gasteiger partial charge in [0.25, 0.3) is 5.91 Å². The van der Waals surface area contributed by atoms with Gasteiger partial charge < -0.3 is 14.6 Å². The zero-order valence-electron chi connectivity index (χ0n) is 11.6. The van der Waals surface area contributed by atoms with E-state index < -0.39 is 0 Å². The van der Waals surface area contributed by atoms with Crippen molar-refractivity contribution >= 4 is 23.2 Å². The molecule has 4 heterocycles. The average molecular weight is 305 g/mol. The van der Waals surface area contributed by atoms with Crippen molar-refractivity contribution in [3.05, 3.63) is 35.2 Å². The van der Waals surface area contributed by atoms with Gasteiger partial charge in [-0.3, -0.25) is 4.79 Å². The Kier molecular flexibility index (Phi) is 3.12. The molecule has 4 rings (SSSR count). The number of fused-ring (bicyclic) bond motifs is 3. The molecule has 0 saturated carbocycles. The van der Waals surface area contributed by atoms with E-state index in [1.807, 2.05) is 6.07 Å². The molecule has 2 fully saturated rings. The largest absolute Gasteiger partial charge is 0.348 e. The average Bonchev–Trinajstić information content (AvgIpc) is 2.99. The molecule has 1 unspecified atom stereocenters. The van der Waals surface area contributed by atoms with Gasteiger partial charge in [0.2, 0.25) is 0 Å². The zero-order chi connectivity index (χ0) is 14.4. The van der Waals surface area contributed by atoms with E-state index in [9.17, 15) is 4.79 Å². The predicted octanol–water partition coefficient (Wildman–Crippen LogP) is 1.81. The molecular weight excluding hydrogens is 288 g/mol. The molecule has 2 bridgehead atoms. The molecule has 3 atom stereocenters. The van der Waals surface area contributed by atoms with E-state index in [1.165, 1.54) is 19.5 Å². The number of carbonyl (C=O) groups is 1. The van der Waals surface area contributed by atoms with Gasteiger partial charge in [0.15, 0.2) is 0 Å². The molecule has 0 radical (unpaired) electrons. The molecule has 0 spiro atoms. The molecule has 110 valence electrons. The summed E-state index contributed by atoms with van der Waals surface area (Å²) in [5.41, 5.74) is 1.39. The van der Waals surface area contributed by atoms with E-state index in [0.717, 1.165) is 24.5 Å². The number of rotatable bonds is 2. The van der Waals surface area contributed by atoms with Crippen LogP contribution in [0.4, 0.5) is 0 Å². The number of carbonyl (C=O) groups excluding carboxylic acids is 1. The SMILES string of the molecule is O=C(N[C@@H]1C[C@@H]2CCN(C2)C1)c1ccc2nc(Cl)cn2c1. The Hall–Kier alpha value is -1.59. The normalized spacial score (nSPS) is 28.0. The first-order valence-electron chi connectivity index (χ1n) is 7.35. The van der Waals surface area contributed by atoms with Gasteiger partial charge >= 0.3 is 0 Å². The van der Waals surface area contributed by atoms with Crippen molar-refractivity contribution in [1.82, 2.24) is 19.6 Å². The van der Waals surface area contributed by atoms with Crippen LogP contribution in [0.15, 0.2) is 24.5 Å². The first kappa shape index (κ1) is 13.1. The number of imidazole rings is 1. The van der Waals surface area contributed by atoms with Crippen LogP contribution in [0, 0.1) is 5.92 Å². The van der Waals surface area contributed by atoms with E-state index in [0.29, 0.717) is 10.7 Å². The minimum Gasteiger partial charge on any atom is -0.348 e. The van der Waals surface area contributed by atoms with Crippen molar-refractivity contribution in [3.8, 4) is 0 Å². The number of hydrogen-bond donors (Lipinski definition) is 1. The van der Waals surface area contributed by atoms with Gasteiger partial charge in [-0.1, -0.05) is 11.6 Å². The number of aromatic nitrogens is 2. The smallest absolute Gasteiger partial charge is 0.253 e. The molecule has 0 aromatic carbocycles. The van der Waals surface area contributed by atoms with Gasteiger partial charge in [-0.25, -0.2) is 4.98 Å². The maximum Gasteiger partial charge on any atom is 0.253 e. The molecule has 1 amide bonds. The number of amides is 1. The third-order valence-electron chi connectivity index (χ3n) is 4.49. The minimum absolute atomic E-state index is 0.0192.